The molecule has 3 aromatic carbocycles. The number of H-pyrrole nitrogens is 1. The number of aliphatic hydroxyl groups is 1. The normalized spacial score (nSPS) is 14.7. The van der Waals surface area contributed by atoms with Gasteiger partial charge in [0.1, 0.15) is 6.61 Å². The minimum absolute atomic E-state index is 0.000862. The Morgan fingerprint density at radius 2 is 1.56 bits per heavy atom. The van der Waals surface area contributed by atoms with Crippen molar-refractivity contribution in [3.8, 4) is 5.88 Å². The van der Waals surface area contributed by atoms with E-state index in [1.54, 1.807) is 42.5 Å². The number of aliphatic hydroxyl groups excluding tert-OH is 1. The first-order valence-electron chi connectivity index (χ1n) is 14.3. The second kappa shape index (κ2) is 14.2. The Balaban J connectivity index is 1.28. The number of ketones is 1. The van der Waals surface area contributed by atoms with Crippen molar-refractivity contribution in [2.24, 2.45) is 4.99 Å². The van der Waals surface area contributed by atoms with Crippen LogP contribution in [-0.2, 0) is 9.47 Å². The molecule has 10 heteroatoms. The summed E-state index contributed by atoms with van der Waals surface area (Å²) < 4.78 is 10.5. The van der Waals surface area contributed by atoms with Crippen LogP contribution in [0.4, 0.5) is 5.69 Å². The quantitative estimate of drug-likeness (QED) is 0.0997. The van der Waals surface area contributed by atoms with Crippen molar-refractivity contribution in [3.05, 3.63) is 95.1 Å². The number of carbonyl (C=O) groups is 2. The number of Topliss-reactive ketones (excluding diaryl/α,β-unsaturated/α-hetero) is 1. The zero-order valence-electron chi connectivity index (χ0n) is 24.2. The van der Waals surface area contributed by atoms with Crippen LogP contribution >= 0.6 is 0 Å². The van der Waals surface area contributed by atoms with Gasteiger partial charge in [0.15, 0.2) is 11.7 Å². The summed E-state index contributed by atoms with van der Waals surface area (Å²) in [6.45, 7) is 5.84. The second-order valence-corrected chi connectivity index (χ2v) is 10.4. The van der Waals surface area contributed by atoms with Crippen molar-refractivity contribution in [1.82, 2.24) is 14.8 Å². The van der Waals surface area contributed by atoms with E-state index in [4.69, 9.17) is 19.6 Å². The number of rotatable bonds is 12. The molecule has 1 aromatic heterocycles. The van der Waals surface area contributed by atoms with Gasteiger partial charge < -0.3 is 24.7 Å². The number of β-amino-alcohol motifs (C(OH)–C–C–N with tert-alkyl or cyclic N) is 1. The Labute approximate surface area is 250 Å². The molecular weight excluding hydrogens is 548 g/mol. The average Bonchev–Trinajstić information content (AvgIpc) is 3.37. The van der Waals surface area contributed by atoms with Gasteiger partial charge in [0, 0.05) is 61.3 Å². The van der Waals surface area contributed by atoms with Crippen LogP contribution < -0.4 is 0 Å². The van der Waals surface area contributed by atoms with E-state index in [-0.39, 0.29) is 24.9 Å². The summed E-state index contributed by atoms with van der Waals surface area (Å²) >= 11 is 0. The van der Waals surface area contributed by atoms with Crippen molar-refractivity contribution in [1.29, 1.82) is 0 Å². The van der Waals surface area contributed by atoms with Crippen LogP contribution in [0.15, 0.2) is 77.8 Å². The molecule has 43 heavy (non-hydrogen) atoms. The molecule has 0 aliphatic carbocycles. The molecule has 0 saturated carbocycles. The predicted molar refractivity (Wildman–Crippen MR) is 165 cm³/mol. The largest absolute Gasteiger partial charge is 0.494 e. The highest BCUT2D eigenvalue weighted by molar-refractivity contribution is 6.22. The smallest absolute Gasteiger partial charge is 0.337 e. The first-order chi connectivity index (χ1) is 21.0. The van der Waals surface area contributed by atoms with Crippen molar-refractivity contribution in [2.45, 2.75) is 0 Å². The fraction of sp³-hybridized carbons (Fsp3) is 0.303. The maximum atomic E-state index is 12.8. The third-order valence-corrected chi connectivity index (χ3v) is 7.58. The van der Waals surface area contributed by atoms with E-state index in [9.17, 15) is 14.7 Å². The zero-order chi connectivity index (χ0) is 30.2. The number of hydrogen-bond acceptors (Lipinski definition) is 9. The van der Waals surface area contributed by atoms with Crippen molar-refractivity contribution in [2.75, 3.05) is 66.2 Å². The van der Waals surface area contributed by atoms with Crippen molar-refractivity contribution >= 4 is 34.1 Å². The van der Waals surface area contributed by atoms with Crippen LogP contribution in [0.3, 0.4) is 0 Å². The van der Waals surface area contributed by atoms with Crippen LogP contribution in [0, 0.1) is 0 Å². The predicted octanol–water partition coefficient (Wildman–Crippen LogP) is 3.64. The van der Waals surface area contributed by atoms with E-state index < -0.39 is 5.97 Å². The third kappa shape index (κ3) is 7.36. The molecule has 0 amide bonds. The monoisotopic (exact) mass is 584 g/mol. The molecule has 1 aliphatic rings. The summed E-state index contributed by atoms with van der Waals surface area (Å²) in [5.74, 6) is -0.652. The molecule has 224 valence electrons. The topological polar surface area (TPSA) is 128 Å². The first-order valence-corrected chi connectivity index (χ1v) is 14.3. The Morgan fingerprint density at radius 3 is 2.23 bits per heavy atom. The van der Waals surface area contributed by atoms with Gasteiger partial charge in [0.25, 0.3) is 0 Å². The zero-order valence-corrected chi connectivity index (χ0v) is 24.2. The molecule has 3 N–H and O–H groups in total. The number of methoxy groups -OCH3 is 1. The number of nitrogens with zero attached hydrogens (tertiary/aromatic N) is 3. The van der Waals surface area contributed by atoms with Gasteiger partial charge in [-0.2, -0.15) is 0 Å². The SMILES string of the molecule is COC(=O)c1ccc2c(C(=Nc3ccc(C(=O)COCCN4CCN(CCO)CC4)cc3)c3ccccc3)c(O)[nH]c2c1. The molecular formula is C33H36N4O6. The lowest BCUT2D eigenvalue weighted by Crippen LogP contribution is -2.48. The highest BCUT2D eigenvalue weighted by Crippen LogP contribution is 2.32. The number of aromatic nitrogens is 1. The minimum atomic E-state index is -0.470. The molecule has 1 saturated heterocycles. The van der Waals surface area contributed by atoms with Gasteiger partial charge in [-0.25, -0.2) is 9.79 Å². The van der Waals surface area contributed by atoms with Crippen LogP contribution in [0.2, 0.25) is 0 Å². The van der Waals surface area contributed by atoms with Gasteiger partial charge >= 0.3 is 5.97 Å². The molecule has 4 aromatic rings. The fourth-order valence-electron chi connectivity index (χ4n) is 5.20. The summed E-state index contributed by atoms with van der Waals surface area (Å²) in [7, 11) is 1.32. The van der Waals surface area contributed by atoms with Gasteiger partial charge in [-0.1, -0.05) is 36.4 Å². The number of fused-ring (bicyclic) bond motifs is 1. The van der Waals surface area contributed by atoms with E-state index in [0.717, 1.165) is 38.3 Å². The standard InChI is InChI=1S/C33H36N4O6/c1-42-33(41)25-9-12-27-28(21-25)35-32(40)30(27)31(24-5-3-2-4-6-24)34-26-10-7-23(8-11-26)29(39)22-43-20-18-37-15-13-36(14-16-37)17-19-38/h2-12,21,35,38,40H,13-20,22H2,1H3. The van der Waals surface area contributed by atoms with Gasteiger partial charge in [0.05, 0.1) is 42.8 Å². The van der Waals surface area contributed by atoms with E-state index in [1.807, 2.05) is 30.3 Å². The number of piperazine rings is 1. The van der Waals surface area contributed by atoms with Gasteiger partial charge in [-0.05, 0) is 36.4 Å². The molecule has 0 radical (unpaired) electrons. The van der Waals surface area contributed by atoms with Gasteiger partial charge in [-0.15, -0.1) is 0 Å². The molecule has 10 nitrogen and oxygen atoms in total. The number of aromatic amines is 1. The number of nitrogens with one attached hydrogen (secondary N) is 1. The fourth-order valence-corrected chi connectivity index (χ4v) is 5.20. The van der Waals surface area contributed by atoms with Crippen LogP contribution in [-0.4, -0.2) is 109 Å². The van der Waals surface area contributed by atoms with Gasteiger partial charge in [0.2, 0.25) is 0 Å². The van der Waals surface area contributed by atoms with E-state index in [2.05, 4.69) is 14.8 Å². The first kappa shape index (κ1) is 30.1. The lowest BCUT2D eigenvalue weighted by molar-refractivity contribution is 0.0593. The average molecular weight is 585 g/mol. The van der Waals surface area contributed by atoms with E-state index in [1.165, 1.54) is 7.11 Å². The van der Waals surface area contributed by atoms with Crippen molar-refractivity contribution < 1.29 is 29.3 Å². The molecule has 2 heterocycles. The molecule has 5 rings (SSSR count). The Morgan fingerprint density at radius 1 is 0.884 bits per heavy atom. The maximum Gasteiger partial charge on any atom is 0.337 e. The number of carbonyl (C=O) groups excluding carboxylic acids is 2. The number of ether oxygens (including phenoxy) is 2. The van der Waals surface area contributed by atoms with Gasteiger partial charge in [-0.3, -0.25) is 14.6 Å². The van der Waals surface area contributed by atoms with Crippen LogP contribution in [0.25, 0.3) is 10.9 Å². The minimum Gasteiger partial charge on any atom is -0.494 e. The summed E-state index contributed by atoms with van der Waals surface area (Å²) in [5.41, 5.74) is 3.90. The number of aromatic hydroxyl groups is 1. The Hall–Kier alpha value is -4.35. The Kier molecular flexibility index (Phi) is 9.96. The lowest BCUT2D eigenvalue weighted by Gasteiger charge is -2.34. The molecule has 0 unspecified atom stereocenters. The summed E-state index contributed by atoms with van der Waals surface area (Å²) in [4.78, 5) is 37.2. The number of aliphatic imine (C=N–C) groups is 1. The van der Waals surface area contributed by atoms with Crippen LogP contribution in [0.1, 0.15) is 31.8 Å². The molecule has 1 aliphatic heterocycles. The number of benzene rings is 3. The second-order valence-electron chi connectivity index (χ2n) is 10.4. The summed E-state index contributed by atoms with van der Waals surface area (Å²) in [5, 5.41) is 20.7. The maximum absolute atomic E-state index is 12.8. The van der Waals surface area contributed by atoms with E-state index in [0.29, 0.717) is 52.1 Å². The molecule has 1 fully saturated rings. The molecule has 0 atom stereocenters. The third-order valence-electron chi connectivity index (χ3n) is 7.58. The number of esters is 1. The van der Waals surface area contributed by atoms with Crippen molar-refractivity contribution in [3.63, 3.8) is 0 Å². The Bertz CT molecular complexity index is 1570. The summed E-state index contributed by atoms with van der Waals surface area (Å²) in [6, 6.07) is 21.5. The number of hydrogen-bond donors (Lipinski definition) is 3. The molecule has 0 bridgehead atoms. The lowest BCUT2D eigenvalue weighted by atomic mass is 10.00. The van der Waals surface area contributed by atoms with Crippen LogP contribution in [0.5, 0.6) is 5.88 Å². The molecule has 0 spiro atoms. The summed E-state index contributed by atoms with van der Waals surface area (Å²) in [6.07, 6.45) is 0. The van der Waals surface area contributed by atoms with E-state index >= 15 is 0 Å². The highest BCUT2D eigenvalue weighted by Gasteiger charge is 2.20. The highest BCUT2D eigenvalue weighted by atomic mass is 16.5.